The lowest BCUT2D eigenvalue weighted by Gasteiger charge is -2.36. The third-order valence-corrected chi connectivity index (χ3v) is 5.32. The van der Waals surface area contributed by atoms with Gasteiger partial charge in [-0.05, 0) is 40.4 Å². The highest BCUT2D eigenvalue weighted by atomic mass is 79.9. The van der Waals surface area contributed by atoms with Gasteiger partial charge in [0, 0.05) is 42.3 Å². The van der Waals surface area contributed by atoms with Crippen LogP contribution in [0.25, 0.3) is 0 Å². The summed E-state index contributed by atoms with van der Waals surface area (Å²) in [6.07, 6.45) is 3.85. The Morgan fingerprint density at radius 3 is 2.41 bits per heavy atom. The van der Waals surface area contributed by atoms with Crippen molar-refractivity contribution in [2.75, 3.05) is 26.2 Å². The Morgan fingerprint density at radius 1 is 1.18 bits per heavy atom. The monoisotopic (exact) mass is 474 g/mol. The van der Waals surface area contributed by atoms with Crippen molar-refractivity contribution < 1.29 is 5.11 Å². The summed E-state index contributed by atoms with van der Waals surface area (Å²) in [5.41, 5.74) is 1.06. The minimum absolute atomic E-state index is 0. The summed E-state index contributed by atoms with van der Waals surface area (Å²) in [5.74, 6) is 1.24. The second-order valence-corrected chi connectivity index (χ2v) is 7.58. The van der Waals surface area contributed by atoms with Crippen LogP contribution in [0.2, 0.25) is 0 Å². The maximum atomic E-state index is 10.4. The first kappa shape index (κ1) is 20.5. The van der Waals surface area contributed by atoms with E-state index >= 15 is 0 Å². The molecule has 1 heterocycles. The van der Waals surface area contributed by atoms with Gasteiger partial charge in [0.05, 0.1) is 4.47 Å². The van der Waals surface area contributed by atoms with Gasteiger partial charge < -0.3 is 10.4 Å². The first-order valence-corrected chi connectivity index (χ1v) is 8.86. The van der Waals surface area contributed by atoms with Crippen molar-refractivity contribution in [2.24, 2.45) is 5.92 Å². The van der Waals surface area contributed by atoms with Gasteiger partial charge >= 0.3 is 0 Å². The molecule has 0 radical (unpaired) electrons. The third kappa shape index (κ3) is 4.99. The number of hydrogen-bond donors (Lipinski definition) is 2. The van der Waals surface area contributed by atoms with Crippen molar-refractivity contribution in [1.29, 1.82) is 0 Å². The van der Waals surface area contributed by atoms with Crippen LogP contribution in [0.4, 0.5) is 0 Å². The van der Waals surface area contributed by atoms with Gasteiger partial charge in [-0.1, -0.05) is 28.8 Å². The summed E-state index contributed by atoms with van der Waals surface area (Å²) in [7, 11) is 0. The number of nitrogens with one attached hydrogen (secondary N) is 1. The van der Waals surface area contributed by atoms with Gasteiger partial charge in [-0.15, -0.1) is 24.8 Å². The molecule has 3 rings (SSSR count). The van der Waals surface area contributed by atoms with Crippen molar-refractivity contribution in [3.05, 3.63) is 26.6 Å². The van der Waals surface area contributed by atoms with Gasteiger partial charge in [0.1, 0.15) is 5.75 Å². The predicted molar refractivity (Wildman–Crippen MR) is 103 cm³/mol. The zero-order valence-electron chi connectivity index (χ0n) is 12.2. The van der Waals surface area contributed by atoms with Crippen LogP contribution >= 0.6 is 56.7 Å². The molecular weight excluding hydrogens is 455 g/mol. The molecule has 22 heavy (non-hydrogen) atoms. The Kier molecular flexibility index (Phi) is 8.48. The molecule has 0 unspecified atom stereocenters. The number of rotatable bonds is 4. The van der Waals surface area contributed by atoms with E-state index in [1.54, 1.807) is 0 Å². The van der Waals surface area contributed by atoms with Gasteiger partial charge in [0.15, 0.2) is 0 Å². The van der Waals surface area contributed by atoms with Crippen LogP contribution in [-0.2, 0) is 0 Å². The lowest BCUT2D eigenvalue weighted by Crippen LogP contribution is -2.45. The molecule has 1 atom stereocenters. The number of piperazine rings is 1. The Hall–Kier alpha value is 0.480. The molecule has 3 nitrogen and oxygen atoms in total. The Bertz CT molecular complexity index is 495. The highest BCUT2D eigenvalue weighted by Gasteiger charge is 2.32. The van der Waals surface area contributed by atoms with Crippen LogP contribution in [0.15, 0.2) is 21.1 Å². The van der Waals surface area contributed by atoms with Crippen molar-refractivity contribution in [2.45, 2.75) is 25.3 Å². The fourth-order valence-corrected chi connectivity index (χ4v) is 4.23. The molecule has 1 aromatic carbocycles. The normalized spacial score (nSPS) is 19.9. The minimum atomic E-state index is 0. The number of phenolic OH excluding ortho intramolecular Hbond substituents is 1. The molecule has 2 aliphatic rings. The van der Waals surface area contributed by atoms with E-state index in [2.05, 4.69) is 48.1 Å². The van der Waals surface area contributed by atoms with Crippen LogP contribution in [0.3, 0.4) is 0 Å². The van der Waals surface area contributed by atoms with E-state index in [1.165, 1.54) is 12.8 Å². The highest BCUT2D eigenvalue weighted by Crippen LogP contribution is 2.44. The average Bonchev–Trinajstić information content (AvgIpc) is 3.25. The van der Waals surface area contributed by atoms with E-state index in [0.717, 1.165) is 53.0 Å². The molecule has 0 bridgehead atoms. The maximum absolute atomic E-state index is 10.4. The largest absolute Gasteiger partial charge is 0.506 e. The molecule has 2 N–H and O–H groups in total. The molecule has 1 saturated carbocycles. The molecule has 1 aliphatic heterocycles. The summed E-state index contributed by atoms with van der Waals surface area (Å²) in [5, 5.41) is 13.9. The molecular formula is C15H22Br2Cl2N2O. The molecule has 1 saturated heterocycles. The third-order valence-electron chi connectivity index (χ3n) is 4.26. The molecule has 0 spiro atoms. The molecule has 126 valence electrons. The second kappa shape index (κ2) is 9.09. The van der Waals surface area contributed by atoms with Crippen molar-refractivity contribution in [3.8, 4) is 5.75 Å². The number of nitrogens with zero attached hydrogens (tertiary/aromatic N) is 1. The number of halogens is 4. The fraction of sp³-hybridized carbons (Fsp3) is 0.600. The molecule has 2 fully saturated rings. The van der Waals surface area contributed by atoms with E-state index in [-0.39, 0.29) is 24.8 Å². The van der Waals surface area contributed by atoms with Crippen LogP contribution in [0.1, 0.15) is 30.9 Å². The molecule has 0 aromatic heterocycles. The van der Waals surface area contributed by atoms with Crippen molar-refractivity contribution in [1.82, 2.24) is 10.2 Å². The Morgan fingerprint density at radius 2 is 1.82 bits per heavy atom. The molecule has 7 heteroatoms. The smallest absolute Gasteiger partial charge is 0.134 e. The quantitative estimate of drug-likeness (QED) is 0.671. The molecule has 1 aromatic rings. The van der Waals surface area contributed by atoms with E-state index < -0.39 is 0 Å². The first-order chi connectivity index (χ1) is 9.65. The number of benzene rings is 1. The van der Waals surface area contributed by atoms with Gasteiger partial charge in [-0.2, -0.15) is 0 Å². The zero-order valence-corrected chi connectivity index (χ0v) is 17.0. The summed E-state index contributed by atoms with van der Waals surface area (Å²) in [6, 6.07) is 4.32. The predicted octanol–water partition coefficient (Wildman–Crippen LogP) is 4.51. The van der Waals surface area contributed by atoms with E-state index in [1.807, 2.05) is 6.07 Å². The lowest BCUT2D eigenvalue weighted by molar-refractivity contribution is 0.158. The number of phenols is 1. The SMILES string of the molecule is Cl.Cl.Oc1c(Br)cc(Br)cc1[C@H](CC1CC1)N1CCNCC1. The Labute approximate surface area is 161 Å². The fourth-order valence-electron chi connectivity index (χ4n) is 2.98. The molecule has 1 aliphatic carbocycles. The highest BCUT2D eigenvalue weighted by molar-refractivity contribution is 9.11. The van der Waals surface area contributed by atoms with Gasteiger partial charge in [0.25, 0.3) is 0 Å². The topological polar surface area (TPSA) is 35.5 Å². The number of aromatic hydroxyl groups is 1. The first-order valence-electron chi connectivity index (χ1n) is 7.28. The van der Waals surface area contributed by atoms with Crippen LogP contribution in [0, 0.1) is 5.92 Å². The molecule has 0 amide bonds. The van der Waals surface area contributed by atoms with Gasteiger partial charge in [-0.25, -0.2) is 0 Å². The summed E-state index contributed by atoms with van der Waals surface area (Å²) in [6.45, 7) is 4.19. The Balaban J connectivity index is 0.00000121. The van der Waals surface area contributed by atoms with Crippen LogP contribution < -0.4 is 5.32 Å². The van der Waals surface area contributed by atoms with E-state index in [4.69, 9.17) is 0 Å². The van der Waals surface area contributed by atoms with E-state index in [0.29, 0.717) is 11.8 Å². The standard InChI is InChI=1S/C15H20Br2N2O.2ClH/c16-11-8-12(15(20)13(17)9-11)14(7-10-1-2-10)19-5-3-18-4-6-19;;/h8-10,14,18,20H,1-7H2;2*1H/t14-;;/m0../s1. The second-order valence-electron chi connectivity index (χ2n) is 5.81. The summed E-state index contributed by atoms with van der Waals surface area (Å²) < 4.78 is 1.80. The average molecular weight is 477 g/mol. The van der Waals surface area contributed by atoms with Crippen molar-refractivity contribution in [3.63, 3.8) is 0 Å². The van der Waals surface area contributed by atoms with E-state index in [9.17, 15) is 5.11 Å². The van der Waals surface area contributed by atoms with Crippen LogP contribution in [-0.4, -0.2) is 36.2 Å². The summed E-state index contributed by atoms with van der Waals surface area (Å²) in [4.78, 5) is 2.52. The van der Waals surface area contributed by atoms with Crippen molar-refractivity contribution >= 4 is 56.7 Å². The summed E-state index contributed by atoms with van der Waals surface area (Å²) >= 11 is 7.01. The maximum Gasteiger partial charge on any atom is 0.134 e. The minimum Gasteiger partial charge on any atom is -0.506 e. The van der Waals surface area contributed by atoms with Crippen LogP contribution in [0.5, 0.6) is 5.75 Å². The van der Waals surface area contributed by atoms with Gasteiger partial charge in [0.2, 0.25) is 0 Å². The van der Waals surface area contributed by atoms with Gasteiger partial charge in [-0.3, -0.25) is 4.90 Å². The zero-order chi connectivity index (χ0) is 14.1. The lowest BCUT2D eigenvalue weighted by atomic mass is 9.98. The number of hydrogen-bond acceptors (Lipinski definition) is 3.